The maximum absolute atomic E-state index is 13.1. The topological polar surface area (TPSA) is 87.8 Å². The lowest BCUT2D eigenvalue weighted by atomic mass is 10.1. The number of carbonyl (C=O) groups excluding carboxylic acids is 1. The van der Waals surface area contributed by atoms with E-state index in [0.717, 1.165) is 0 Å². The minimum absolute atomic E-state index is 0.0189. The Labute approximate surface area is 220 Å². The van der Waals surface area contributed by atoms with E-state index in [2.05, 4.69) is 15.9 Å². The largest absolute Gasteiger partial charge is 0.488 e. The number of pyridine rings is 1. The monoisotopic (exact) mass is 734 g/mol. The summed E-state index contributed by atoms with van der Waals surface area (Å²) in [5.74, 6) is 0.477. The number of hydrogen-bond donors (Lipinski definition) is 0. The number of halogens is 4. The molecule has 0 spiro atoms. The van der Waals surface area contributed by atoms with Crippen molar-refractivity contribution in [1.29, 1.82) is 5.26 Å². The summed E-state index contributed by atoms with van der Waals surface area (Å²) >= 11 is 13.8. The van der Waals surface area contributed by atoms with E-state index in [1.54, 1.807) is 34.5 Å². The second-order valence-corrected chi connectivity index (χ2v) is 11.2. The van der Waals surface area contributed by atoms with Crippen LogP contribution in [0.15, 0.2) is 15.3 Å². The standard InChI is InChI=1S/C19H18BrClI2N4O4/c1-19(2,3)31-18(29)27(23)5-4-26(22)14-10-8-12(21)13(20)16-15(10)25(6-7-30-16)17(28)11(14)9-24/h8H,4-7H2,1-3H3. The third-order valence-corrected chi connectivity index (χ3v) is 7.53. The van der Waals surface area contributed by atoms with Gasteiger partial charge < -0.3 is 17.2 Å². The molecule has 0 unspecified atom stereocenters. The van der Waals surface area contributed by atoms with E-state index in [4.69, 9.17) is 21.1 Å². The van der Waals surface area contributed by atoms with Gasteiger partial charge in [-0.05, 0) is 42.8 Å². The molecular formula is C19H18BrClI2N4O4. The SMILES string of the molecule is CC(C)(C)OC(=O)N(I)CCN(I)c1c(C#N)c(=O)n2c3c(c(Br)c(Cl)cc13)OCC2. The number of anilines is 1. The van der Waals surface area contributed by atoms with Crippen molar-refractivity contribution < 1.29 is 14.3 Å². The van der Waals surface area contributed by atoms with Gasteiger partial charge >= 0.3 is 6.09 Å². The van der Waals surface area contributed by atoms with Crippen LogP contribution in [0.5, 0.6) is 5.75 Å². The summed E-state index contributed by atoms with van der Waals surface area (Å²) in [7, 11) is 0. The molecule has 0 fully saturated rings. The molecule has 0 bridgehead atoms. The number of benzene rings is 1. The smallest absolute Gasteiger partial charge is 0.419 e. The number of ether oxygens (including phenoxy) is 2. The zero-order chi connectivity index (χ0) is 23.1. The molecule has 0 saturated heterocycles. The van der Waals surface area contributed by atoms with Crippen molar-refractivity contribution in [2.45, 2.75) is 32.9 Å². The van der Waals surface area contributed by atoms with Crippen LogP contribution in [0, 0.1) is 11.3 Å². The van der Waals surface area contributed by atoms with Crippen molar-refractivity contribution in [2.75, 3.05) is 22.8 Å². The van der Waals surface area contributed by atoms with Gasteiger partial charge in [0.2, 0.25) is 0 Å². The highest BCUT2D eigenvalue weighted by Gasteiger charge is 2.28. The van der Waals surface area contributed by atoms with Crippen LogP contribution < -0.4 is 13.4 Å². The van der Waals surface area contributed by atoms with E-state index in [1.807, 2.05) is 51.8 Å². The van der Waals surface area contributed by atoms with Crippen LogP contribution in [0.3, 0.4) is 0 Å². The first kappa shape index (κ1) is 24.7. The third-order valence-electron chi connectivity index (χ3n) is 4.37. The molecule has 2 aromatic rings. The molecular weight excluding hydrogens is 717 g/mol. The molecule has 0 N–H and O–H groups in total. The summed E-state index contributed by atoms with van der Waals surface area (Å²) in [6.45, 7) is 6.69. The Morgan fingerprint density at radius 1 is 1.42 bits per heavy atom. The number of rotatable bonds is 4. The third kappa shape index (κ3) is 5.01. The van der Waals surface area contributed by atoms with Gasteiger partial charge in [-0.3, -0.25) is 4.79 Å². The Bertz CT molecular complexity index is 1160. The predicted molar refractivity (Wildman–Crippen MR) is 139 cm³/mol. The quantitative estimate of drug-likeness (QED) is 0.308. The van der Waals surface area contributed by atoms with Crippen molar-refractivity contribution in [3.05, 3.63) is 31.5 Å². The van der Waals surface area contributed by atoms with Crippen molar-refractivity contribution in [2.24, 2.45) is 0 Å². The highest BCUT2D eigenvalue weighted by molar-refractivity contribution is 14.1. The molecule has 1 aliphatic heterocycles. The van der Waals surface area contributed by atoms with Crippen molar-refractivity contribution in [3.63, 3.8) is 0 Å². The molecule has 1 aromatic heterocycles. The van der Waals surface area contributed by atoms with E-state index in [1.165, 1.54) is 3.11 Å². The van der Waals surface area contributed by atoms with E-state index in [-0.39, 0.29) is 11.1 Å². The number of carbonyl (C=O) groups is 1. The lowest BCUT2D eigenvalue weighted by Crippen LogP contribution is -2.35. The molecule has 1 aromatic carbocycles. The molecule has 8 nitrogen and oxygen atoms in total. The van der Waals surface area contributed by atoms with Gasteiger partial charge in [-0.15, -0.1) is 0 Å². The van der Waals surface area contributed by atoms with Gasteiger partial charge in [-0.25, -0.2) is 7.91 Å². The lowest BCUT2D eigenvalue weighted by Gasteiger charge is -2.28. The highest BCUT2D eigenvalue weighted by Crippen LogP contribution is 2.44. The average Bonchev–Trinajstić information content (AvgIpc) is 2.70. The molecule has 0 saturated carbocycles. The molecule has 1 aliphatic rings. The predicted octanol–water partition coefficient (Wildman–Crippen LogP) is 5.42. The van der Waals surface area contributed by atoms with Crippen LogP contribution in [-0.2, 0) is 11.3 Å². The number of nitriles is 1. The van der Waals surface area contributed by atoms with Gasteiger partial charge in [0.15, 0.2) is 5.75 Å². The van der Waals surface area contributed by atoms with E-state index < -0.39 is 11.7 Å². The first-order valence-electron chi connectivity index (χ1n) is 9.17. The number of hydrogen-bond acceptors (Lipinski definition) is 6. The summed E-state index contributed by atoms with van der Waals surface area (Å²) in [6, 6.07) is 3.76. The number of amides is 1. The van der Waals surface area contributed by atoms with Crippen LogP contribution >= 0.6 is 73.3 Å². The number of aromatic nitrogens is 1. The van der Waals surface area contributed by atoms with Gasteiger partial charge in [0.25, 0.3) is 5.56 Å². The molecule has 2 heterocycles. The van der Waals surface area contributed by atoms with Crippen LogP contribution in [0.1, 0.15) is 26.3 Å². The van der Waals surface area contributed by atoms with E-state index in [9.17, 15) is 14.9 Å². The lowest BCUT2D eigenvalue weighted by molar-refractivity contribution is 0.0433. The Morgan fingerprint density at radius 2 is 2.10 bits per heavy atom. The molecule has 31 heavy (non-hydrogen) atoms. The van der Waals surface area contributed by atoms with E-state index in [0.29, 0.717) is 58.1 Å². The van der Waals surface area contributed by atoms with Gasteiger partial charge in [0.1, 0.15) is 23.8 Å². The summed E-state index contributed by atoms with van der Waals surface area (Å²) in [6.07, 6.45) is -0.462. The van der Waals surface area contributed by atoms with Crippen LogP contribution in [-0.4, -0.2) is 39.1 Å². The van der Waals surface area contributed by atoms with Crippen LogP contribution in [0.25, 0.3) is 10.9 Å². The molecule has 166 valence electrons. The van der Waals surface area contributed by atoms with Gasteiger partial charge in [0, 0.05) is 11.9 Å². The molecule has 1 amide bonds. The minimum Gasteiger partial charge on any atom is -0.488 e. The summed E-state index contributed by atoms with van der Waals surface area (Å²) < 4.78 is 16.4. The molecule has 0 radical (unpaired) electrons. The summed E-state index contributed by atoms with van der Waals surface area (Å²) in [5, 5.41) is 10.8. The molecule has 3 rings (SSSR count). The maximum atomic E-state index is 13.1. The second kappa shape index (κ2) is 9.48. The number of nitrogens with zero attached hydrogens (tertiary/aromatic N) is 4. The maximum Gasteiger partial charge on any atom is 0.419 e. The fraction of sp³-hybridized carbons (Fsp3) is 0.421. The average molecular weight is 736 g/mol. The fourth-order valence-corrected chi connectivity index (χ4v) is 4.78. The summed E-state index contributed by atoms with van der Waals surface area (Å²) in [4.78, 5) is 25.3. The first-order chi connectivity index (χ1) is 14.5. The van der Waals surface area contributed by atoms with Gasteiger partial charge in [-0.2, -0.15) is 5.26 Å². The van der Waals surface area contributed by atoms with E-state index >= 15 is 0 Å². The van der Waals surface area contributed by atoms with Gasteiger partial charge in [0.05, 0.1) is 79.5 Å². The normalized spacial score (nSPS) is 12.8. The molecule has 12 heteroatoms. The summed E-state index contributed by atoms with van der Waals surface area (Å²) in [5.41, 5.74) is 0.0542. The first-order valence-corrected chi connectivity index (χ1v) is 12.3. The highest BCUT2D eigenvalue weighted by atomic mass is 127. The zero-order valence-electron chi connectivity index (χ0n) is 16.8. The van der Waals surface area contributed by atoms with Gasteiger partial charge in [-0.1, -0.05) is 11.6 Å². The zero-order valence-corrected chi connectivity index (χ0v) is 23.5. The molecule has 0 atom stereocenters. The van der Waals surface area contributed by atoms with Crippen LogP contribution in [0.2, 0.25) is 5.02 Å². The molecule has 0 aliphatic carbocycles. The van der Waals surface area contributed by atoms with Crippen molar-refractivity contribution >= 4 is 95.9 Å². The Morgan fingerprint density at radius 3 is 2.71 bits per heavy atom. The fourth-order valence-electron chi connectivity index (χ4n) is 3.14. The minimum atomic E-state index is -0.604. The van der Waals surface area contributed by atoms with Crippen LogP contribution in [0.4, 0.5) is 10.5 Å². The Hall–Kier alpha value is -0.980. The second-order valence-electron chi connectivity index (χ2n) is 7.69. The Kier molecular flexibility index (Phi) is 7.54. The Balaban J connectivity index is 2.03. The van der Waals surface area contributed by atoms with Crippen molar-refractivity contribution in [1.82, 2.24) is 7.68 Å². The van der Waals surface area contributed by atoms with Crippen molar-refractivity contribution in [3.8, 4) is 11.8 Å².